The Kier molecular flexibility index (Phi) is 14.0. The van der Waals surface area contributed by atoms with Gasteiger partial charge in [0, 0.05) is 16.7 Å². The summed E-state index contributed by atoms with van der Waals surface area (Å²) in [6.45, 7) is 0. The first-order valence-corrected chi connectivity index (χ1v) is 12.3. The predicted molar refractivity (Wildman–Crippen MR) is 104 cm³/mol. The average Bonchev–Trinajstić information content (AvgIpc) is 3.33. The number of β-lactam (4-membered cyclic amide) rings is 1. The van der Waals surface area contributed by atoms with Crippen LogP contribution in [-0.4, -0.2) is 41.5 Å². The normalized spacial score (nSPS) is 32.6. The number of fused-ring (bicyclic) bond motifs is 7. The van der Waals surface area contributed by atoms with Gasteiger partial charge in [-0.25, -0.2) is 4.79 Å². The first-order valence-electron chi connectivity index (χ1n) is 8.50. The topological polar surface area (TPSA) is 133 Å². The molecule has 1 N–H and O–H groups in total. The molecule has 0 spiro atoms. The van der Waals surface area contributed by atoms with Crippen LogP contribution in [0.5, 0.6) is 0 Å². The minimum Gasteiger partial charge on any atom is -0.773 e. The van der Waals surface area contributed by atoms with Crippen molar-refractivity contribution in [2.24, 2.45) is 34.0 Å². The van der Waals surface area contributed by atoms with E-state index in [2.05, 4.69) is 56.9 Å². The molecule has 4 bridgehead atoms. The molecule has 8 nitrogen and oxygen atoms in total. The number of nitrogens with one attached hydrogen (secondary N) is 1. The van der Waals surface area contributed by atoms with Crippen molar-refractivity contribution in [2.45, 2.75) is 18.9 Å². The van der Waals surface area contributed by atoms with Crippen molar-refractivity contribution in [1.29, 1.82) is 0 Å². The van der Waals surface area contributed by atoms with E-state index in [1.54, 1.807) is 0 Å². The Morgan fingerprint density at radius 3 is 1.80 bits per heavy atom. The van der Waals surface area contributed by atoms with Crippen LogP contribution in [0.25, 0.3) is 0 Å². The van der Waals surface area contributed by atoms with Crippen molar-refractivity contribution < 1.29 is 85.9 Å². The third kappa shape index (κ3) is 9.50. The Bertz CT molecular complexity index is 841. The molecule has 5 atom stereocenters. The van der Waals surface area contributed by atoms with Crippen molar-refractivity contribution in [3.63, 3.8) is 0 Å². The van der Waals surface area contributed by atoms with E-state index in [9.17, 15) is 13.2 Å². The smallest absolute Gasteiger partial charge is 0.773 e. The standard InChI is InChI=1S/C8H9NO.C7H8.CClNO3S.CH4O2S.2Na/c10-8-6-4-1-2-5(3-4)7(6)9-8;1-2-7-4-3-6(1)5-7;2-7(5,6)3-1-4;1-4(2)3;;/h1-2,4-7H,3H2,(H,9,10);1-4,6-7H,5H2;;1H3,(H,2,3);;/q;;;;2*+1/p-1. The first kappa shape index (κ1) is 30.4. The van der Waals surface area contributed by atoms with Gasteiger partial charge in [0.1, 0.15) is 0 Å². The number of amides is 1. The number of carbonyl (C=O) groups is 1. The van der Waals surface area contributed by atoms with Gasteiger partial charge >= 0.3 is 68.4 Å². The van der Waals surface area contributed by atoms with Gasteiger partial charge in [0.25, 0.3) is 6.08 Å². The molecule has 5 rings (SSSR count). The SMILES string of the molecule is C1=CC2C=CC1C2.CS(=O)[O-].O=C1NC2C3C=CC(C3)C12.O=C=NS(=O)(=O)Cl.[Na+].[Na+]. The molecule has 0 radical (unpaired) electrons. The average molecular weight is 494 g/mol. The molecule has 4 aliphatic carbocycles. The molecule has 0 aromatic heterocycles. The van der Waals surface area contributed by atoms with Crippen LogP contribution >= 0.6 is 10.7 Å². The fourth-order valence-electron chi connectivity index (χ4n) is 3.91. The summed E-state index contributed by atoms with van der Waals surface area (Å²) in [7, 11) is 0.376. The zero-order chi connectivity index (χ0) is 20.9. The van der Waals surface area contributed by atoms with E-state index < -0.39 is 20.3 Å². The van der Waals surface area contributed by atoms with Crippen LogP contribution in [0.4, 0.5) is 0 Å². The van der Waals surface area contributed by atoms with Crippen LogP contribution in [0.3, 0.4) is 0 Å². The fourth-order valence-corrected chi connectivity index (χ4v) is 4.09. The Morgan fingerprint density at radius 2 is 1.57 bits per heavy atom. The van der Waals surface area contributed by atoms with Gasteiger partial charge in [0.2, 0.25) is 5.91 Å². The van der Waals surface area contributed by atoms with Crippen LogP contribution in [0, 0.1) is 29.6 Å². The summed E-state index contributed by atoms with van der Waals surface area (Å²) < 4.78 is 39.3. The molecule has 1 amide bonds. The summed E-state index contributed by atoms with van der Waals surface area (Å²) in [5.74, 6) is 3.52. The summed E-state index contributed by atoms with van der Waals surface area (Å²) >= 11 is -1.86. The van der Waals surface area contributed by atoms with Gasteiger partial charge in [-0.15, -0.1) is 0 Å². The van der Waals surface area contributed by atoms with Crippen molar-refractivity contribution in [3.8, 4) is 0 Å². The van der Waals surface area contributed by atoms with Crippen LogP contribution < -0.4 is 64.4 Å². The summed E-state index contributed by atoms with van der Waals surface area (Å²) in [4.78, 5) is 20.0. The maximum Gasteiger partial charge on any atom is 1.00 e. The zero-order valence-electron chi connectivity index (χ0n) is 16.9. The van der Waals surface area contributed by atoms with Crippen molar-refractivity contribution in [3.05, 3.63) is 36.5 Å². The number of allylic oxidation sites excluding steroid dienone is 5. The number of nitrogens with zero attached hydrogens (tertiary/aromatic N) is 1. The number of hydrogen-bond donors (Lipinski definition) is 1. The predicted octanol–water partition coefficient (Wildman–Crippen LogP) is -4.64. The number of carbonyl (C=O) groups excluding carboxylic acids is 2. The summed E-state index contributed by atoms with van der Waals surface area (Å²) in [5, 5.41) is 2.95. The van der Waals surface area contributed by atoms with E-state index in [-0.39, 0.29) is 65.0 Å². The van der Waals surface area contributed by atoms with Gasteiger partial charge in [-0.2, -0.15) is 8.42 Å². The van der Waals surface area contributed by atoms with Gasteiger partial charge in [-0.05, 0) is 42.8 Å². The van der Waals surface area contributed by atoms with Crippen molar-refractivity contribution >= 4 is 43.0 Å². The van der Waals surface area contributed by atoms with Gasteiger partial charge in [0.05, 0.1) is 5.92 Å². The molecule has 154 valence electrons. The van der Waals surface area contributed by atoms with Gasteiger partial charge in [-0.3, -0.25) is 9.00 Å². The molecule has 0 aromatic carbocycles. The second-order valence-corrected chi connectivity index (χ2v) is 9.82. The van der Waals surface area contributed by atoms with E-state index in [0.29, 0.717) is 23.8 Å². The van der Waals surface area contributed by atoms with Gasteiger partial charge in [-0.1, -0.05) is 51.9 Å². The van der Waals surface area contributed by atoms with Crippen LogP contribution in [-0.2, 0) is 29.9 Å². The van der Waals surface area contributed by atoms with Crippen LogP contribution in [0.15, 0.2) is 40.9 Å². The summed E-state index contributed by atoms with van der Waals surface area (Å²) in [5.41, 5.74) is 0. The monoisotopic (exact) mass is 493 g/mol. The Labute approximate surface area is 227 Å². The van der Waals surface area contributed by atoms with Crippen molar-refractivity contribution in [2.75, 3.05) is 6.26 Å². The largest absolute Gasteiger partial charge is 1.00 e. The first-order chi connectivity index (χ1) is 13.1. The maximum absolute atomic E-state index is 11.0. The molecule has 1 saturated heterocycles. The fraction of sp³-hybridized carbons (Fsp3) is 0.529. The molecule has 1 aliphatic heterocycles. The van der Waals surface area contributed by atoms with E-state index >= 15 is 0 Å². The molecule has 30 heavy (non-hydrogen) atoms. The van der Waals surface area contributed by atoms with E-state index in [1.807, 2.05) is 0 Å². The van der Waals surface area contributed by atoms with Gasteiger partial charge in [0.15, 0.2) is 0 Å². The number of hydrogen-bond acceptors (Lipinski definition) is 6. The molecule has 2 fully saturated rings. The molecular formula is C17H20ClN2Na2O6S2+. The van der Waals surface area contributed by atoms with Gasteiger partial charge < -0.3 is 9.87 Å². The molecule has 0 aromatic rings. The third-order valence-corrected chi connectivity index (χ3v) is 5.47. The van der Waals surface area contributed by atoms with E-state index in [1.165, 1.54) is 12.8 Å². The summed E-state index contributed by atoms with van der Waals surface area (Å²) in [6.07, 6.45) is 18.1. The molecule has 1 saturated carbocycles. The second kappa shape index (κ2) is 13.9. The Balaban J connectivity index is 0.000000384. The zero-order valence-corrected chi connectivity index (χ0v) is 23.3. The number of rotatable bonds is 1. The molecule has 1 heterocycles. The summed E-state index contributed by atoms with van der Waals surface area (Å²) in [6, 6.07) is 0.516. The third-order valence-electron chi connectivity index (χ3n) is 4.97. The Morgan fingerprint density at radius 1 is 1.10 bits per heavy atom. The Hall–Kier alpha value is 0.420. The number of isocyanates is 1. The number of halogens is 1. The second-order valence-electron chi connectivity index (χ2n) is 6.84. The molecular weight excluding hydrogens is 474 g/mol. The van der Waals surface area contributed by atoms with Crippen LogP contribution in [0.1, 0.15) is 12.8 Å². The maximum atomic E-state index is 11.0. The van der Waals surface area contributed by atoms with E-state index in [0.717, 1.165) is 24.2 Å². The minimum atomic E-state index is -4.00. The molecule has 13 heteroatoms. The molecule has 5 unspecified atom stereocenters. The van der Waals surface area contributed by atoms with Crippen LogP contribution in [0.2, 0.25) is 0 Å². The molecule has 5 aliphatic rings. The van der Waals surface area contributed by atoms with Crippen molar-refractivity contribution in [1.82, 2.24) is 5.32 Å². The minimum absolute atomic E-state index is 0. The quantitative estimate of drug-likeness (QED) is 0.0743. The van der Waals surface area contributed by atoms with E-state index in [4.69, 9.17) is 13.6 Å².